The maximum atomic E-state index is 6.28. The molecule has 86 heavy (non-hydrogen) atoms. The summed E-state index contributed by atoms with van der Waals surface area (Å²) in [5.74, 6) is 0. The summed E-state index contributed by atoms with van der Waals surface area (Å²) >= 11 is 0. The lowest BCUT2D eigenvalue weighted by molar-refractivity contribution is 0.668. The molecule has 6 nitrogen and oxygen atoms in total. The molecule has 0 saturated heterocycles. The first kappa shape index (κ1) is 48.2. The molecule has 6 heteroatoms. The number of hydrogen-bond acceptors (Lipinski definition) is 4. The Morgan fingerprint density at radius 2 is 0.407 bits per heavy atom. The lowest BCUT2D eigenvalue weighted by Gasteiger charge is -2.13. The molecule has 0 bridgehead atoms. The number of nitrogens with zero attached hydrogens (tertiary/aromatic N) is 2. The first-order valence-corrected chi connectivity index (χ1v) is 29.5. The highest BCUT2D eigenvalue weighted by molar-refractivity contribution is 6.16. The van der Waals surface area contributed by atoms with Crippen molar-refractivity contribution in [3.63, 3.8) is 0 Å². The van der Waals surface area contributed by atoms with E-state index >= 15 is 0 Å². The molecule has 19 rings (SSSR count). The number of aromatic nitrogens is 2. The van der Waals surface area contributed by atoms with Crippen LogP contribution in [0.4, 0.5) is 0 Å². The van der Waals surface area contributed by atoms with E-state index in [1.807, 2.05) is 62.4 Å². The van der Waals surface area contributed by atoms with E-state index in [0.29, 0.717) is 0 Å². The van der Waals surface area contributed by atoms with Crippen LogP contribution in [0.25, 0.3) is 187 Å². The first-order chi connectivity index (χ1) is 42.6. The maximum Gasteiger partial charge on any atom is 0.135 e. The van der Waals surface area contributed by atoms with Crippen molar-refractivity contribution < 1.29 is 17.7 Å². The molecule has 0 saturated carbocycles. The van der Waals surface area contributed by atoms with Crippen LogP contribution in [0.5, 0.6) is 0 Å². The zero-order valence-corrected chi connectivity index (χ0v) is 46.9. The van der Waals surface area contributed by atoms with Gasteiger partial charge in [0, 0.05) is 76.0 Å². The molecular weight excluding hydrogens is 1050 g/mol. The molecule has 0 N–H and O–H groups in total. The second kappa shape index (κ2) is 18.6. The van der Waals surface area contributed by atoms with Gasteiger partial charge in [0.2, 0.25) is 0 Å². The number of hydrogen-bond donors (Lipinski definition) is 0. The number of fused-ring (bicyclic) bond motifs is 18. The highest BCUT2D eigenvalue weighted by Gasteiger charge is 2.21. The Morgan fingerprint density at radius 1 is 0.186 bits per heavy atom. The van der Waals surface area contributed by atoms with Gasteiger partial charge in [-0.25, -0.2) is 0 Å². The number of rotatable bonds is 6. The van der Waals surface area contributed by atoms with Crippen LogP contribution in [0.1, 0.15) is 13.8 Å². The van der Waals surface area contributed by atoms with Crippen molar-refractivity contribution in [2.24, 2.45) is 0 Å². The standard InChI is InChI=1S/C78H44N2O4.C2H6/c1-5-16-71-55(12-1)63-40-49(24-32-75(63)81-71)45-20-28-67-59(36-45)60-37-46(50-25-33-76-64(41-50)56-13-2-6-17-72(56)82-76)21-29-68(60)79(67)53-10-9-11-54(44-53)80-69-30-22-47(51-26-34-77-65(42-51)57-14-3-7-18-73(57)83-77)38-61(69)62-39-48(23-31-70(62)80)52-27-35-78-66(43-52)58-15-4-8-19-74(58)84-78;1-2/h1-44H;1-2H3. The zero-order valence-electron chi connectivity index (χ0n) is 46.9. The van der Waals surface area contributed by atoms with Crippen LogP contribution in [0, 0.1) is 0 Å². The van der Waals surface area contributed by atoms with Crippen LogP contribution in [0.2, 0.25) is 0 Å². The average molecular weight is 1100 g/mol. The monoisotopic (exact) mass is 1100 g/mol. The molecule has 13 aromatic carbocycles. The largest absolute Gasteiger partial charge is 0.456 e. The third-order valence-electron chi connectivity index (χ3n) is 17.7. The Balaban J connectivity index is 0.00000277. The Kier molecular flexibility index (Phi) is 10.4. The molecule has 0 aliphatic carbocycles. The number of para-hydroxylation sites is 4. The highest BCUT2D eigenvalue weighted by atomic mass is 16.3. The molecule has 0 aliphatic rings. The van der Waals surface area contributed by atoms with Crippen LogP contribution in [0.3, 0.4) is 0 Å². The van der Waals surface area contributed by atoms with E-state index in [9.17, 15) is 0 Å². The Bertz CT molecular complexity index is 5310. The molecule has 0 radical (unpaired) electrons. The summed E-state index contributed by atoms with van der Waals surface area (Å²) in [4.78, 5) is 0. The van der Waals surface area contributed by atoms with E-state index in [0.717, 1.165) is 166 Å². The topological polar surface area (TPSA) is 62.4 Å². The molecule has 6 heterocycles. The SMILES string of the molecule is CC.c1cc(-n2c3ccc(-c4ccc5oc6ccccc6c5c4)cc3c3cc(-c4ccc5oc6ccccc6c5c4)ccc32)cc(-n2c3ccc(-c4ccc5oc6ccccc6c5c4)cc3c3cc(-c4ccc5oc6ccccc6c5c4)ccc32)c1. The Hall–Kier alpha value is -11.3. The molecule has 6 aromatic heterocycles. The second-order valence-electron chi connectivity index (χ2n) is 22.4. The van der Waals surface area contributed by atoms with Gasteiger partial charge in [-0.3, -0.25) is 0 Å². The van der Waals surface area contributed by atoms with E-state index in [4.69, 9.17) is 17.7 Å². The van der Waals surface area contributed by atoms with Crippen molar-refractivity contribution in [2.45, 2.75) is 13.8 Å². The van der Waals surface area contributed by atoms with Crippen LogP contribution in [-0.2, 0) is 0 Å². The van der Waals surface area contributed by atoms with Gasteiger partial charge in [-0.15, -0.1) is 0 Å². The van der Waals surface area contributed by atoms with Gasteiger partial charge in [0.05, 0.1) is 22.1 Å². The normalized spacial score (nSPS) is 12.1. The van der Waals surface area contributed by atoms with E-state index < -0.39 is 0 Å². The van der Waals surface area contributed by atoms with Gasteiger partial charge in [0.15, 0.2) is 0 Å². The fourth-order valence-corrected chi connectivity index (χ4v) is 13.7. The zero-order chi connectivity index (χ0) is 56.7. The highest BCUT2D eigenvalue weighted by Crippen LogP contribution is 2.44. The molecular formula is C80H50N2O4. The van der Waals surface area contributed by atoms with Gasteiger partial charge in [0.25, 0.3) is 0 Å². The van der Waals surface area contributed by atoms with Crippen LogP contribution < -0.4 is 0 Å². The van der Waals surface area contributed by atoms with Gasteiger partial charge in [0.1, 0.15) is 44.7 Å². The predicted molar refractivity (Wildman–Crippen MR) is 357 cm³/mol. The molecule has 0 fully saturated rings. The van der Waals surface area contributed by atoms with Crippen LogP contribution in [0.15, 0.2) is 285 Å². The van der Waals surface area contributed by atoms with Gasteiger partial charge in [-0.05, 0) is 184 Å². The van der Waals surface area contributed by atoms with Crippen molar-refractivity contribution in [3.8, 4) is 55.9 Å². The van der Waals surface area contributed by atoms with E-state index in [1.54, 1.807) is 0 Å². The van der Waals surface area contributed by atoms with Crippen LogP contribution in [-0.4, -0.2) is 9.13 Å². The molecule has 404 valence electrons. The van der Waals surface area contributed by atoms with E-state index in [1.165, 1.54) is 21.5 Å². The summed E-state index contributed by atoms with van der Waals surface area (Å²) in [6, 6.07) is 96.3. The fraction of sp³-hybridized carbons (Fsp3) is 0.0250. The van der Waals surface area contributed by atoms with E-state index in [2.05, 4.69) is 228 Å². The maximum absolute atomic E-state index is 6.28. The number of furan rings is 4. The van der Waals surface area contributed by atoms with Crippen molar-refractivity contribution in [1.29, 1.82) is 0 Å². The summed E-state index contributed by atoms with van der Waals surface area (Å²) in [6.45, 7) is 4.00. The summed E-state index contributed by atoms with van der Waals surface area (Å²) in [5.41, 5.74) is 22.8. The van der Waals surface area contributed by atoms with Crippen molar-refractivity contribution in [1.82, 2.24) is 9.13 Å². The van der Waals surface area contributed by atoms with Crippen molar-refractivity contribution in [3.05, 3.63) is 267 Å². The van der Waals surface area contributed by atoms with Gasteiger partial charge >= 0.3 is 0 Å². The summed E-state index contributed by atoms with van der Waals surface area (Å²) < 4.78 is 30.0. The minimum Gasteiger partial charge on any atom is -0.456 e. The van der Waals surface area contributed by atoms with Gasteiger partial charge in [-0.1, -0.05) is 141 Å². The quantitative estimate of drug-likeness (QED) is 0.166. The average Bonchev–Trinajstić information content (AvgIpc) is 2.16. The molecule has 0 unspecified atom stereocenters. The summed E-state index contributed by atoms with van der Waals surface area (Å²) in [5, 5.41) is 13.6. The molecule has 19 aromatic rings. The fourth-order valence-electron chi connectivity index (χ4n) is 13.7. The second-order valence-corrected chi connectivity index (χ2v) is 22.4. The first-order valence-electron chi connectivity index (χ1n) is 29.5. The third-order valence-corrected chi connectivity index (χ3v) is 17.7. The predicted octanol–water partition coefficient (Wildman–Crippen LogP) is 23.2. The van der Waals surface area contributed by atoms with Gasteiger partial charge < -0.3 is 26.8 Å². The Labute approximate surface area is 492 Å². The molecule has 0 amide bonds. The van der Waals surface area contributed by atoms with Crippen molar-refractivity contribution >= 4 is 131 Å². The smallest absolute Gasteiger partial charge is 0.135 e. The summed E-state index contributed by atoms with van der Waals surface area (Å²) in [6.07, 6.45) is 0. The lowest BCUT2D eigenvalue weighted by atomic mass is 9.98. The number of benzene rings is 13. The van der Waals surface area contributed by atoms with E-state index in [-0.39, 0.29) is 0 Å². The lowest BCUT2D eigenvalue weighted by Crippen LogP contribution is -1.98. The molecule has 0 atom stereocenters. The van der Waals surface area contributed by atoms with Gasteiger partial charge in [-0.2, -0.15) is 0 Å². The molecule has 0 aliphatic heterocycles. The third kappa shape index (κ3) is 7.26. The minimum absolute atomic E-state index is 0.885. The minimum atomic E-state index is 0.885. The summed E-state index contributed by atoms with van der Waals surface area (Å²) in [7, 11) is 0. The van der Waals surface area contributed by atoms with Crippen LogP contribution >= 0.6 is 0 Å². The molecule has 0 spiro atoms. The van der Waals surface area contributed by atoms with Crippen molar-refractivity contribution in [2.75, 3.05) is 0 Å². The Morgan fingerprint density at radius 3 is 0.674 bits per heavy atom.